The largest absolute Gasteiger partial charge is 0.314 e. The fourth-order valence-electron chi connectivity index (χ4n) is 2.12. The highest BCUT2D eigenvalue weighted by Crippen LogP contribution is 2.10. The van der Waals surface area contributed by atoms with Crippen LogP contribution in [0.15, 0.2) is 0 Å². The van der Waals surface area contributed by atoms with Gasteiger partial charge in [0.2, 0.25) is 0 Å². The Hall–Kier alpha value is -0.0800. The fraction of sp³-hybridized carbons (Fsp3) is 1.00. The Morgan fingerprint density at radius 2 is 1.79 bits per heavy atom. The van der Waals surface area contributed by atoms with Gasteiger partial charge in [0.05, 0.1) is 0 Å². The van der Waals surface area contributed by atoms with Crippen LogP contribution in [0.3, 0.4) is 0 Å². The first kappa shape index (κ1) is 12.0. The molecule has 84 valence electrons. The van der Waals surface area contributed by atoms with Crippen LogP contribution in [0.5, 0.6) is 0 Å². The second kappa shape index (κ2) is 6.41. The molecule has 0 atom stereocenters. The molecule has 1 fully saturated rings. The Balaban J connectivity index is 2.12. The lowest BCUT2D eigenvalue weighted by molar-refractivity contribution is 0.228. The van der Waals surface area contributed by atoms with Crippen LogP contribution in [0.1, 0.15) is 39.5 Å². The molecule has 0 unspecified atom stereocenters. The average molecular weight is 198 g/mol. The van der Waals surface area contributed by atoms with Crippen molar-refractivity contribution in [1.82, 2.24) is 10.2 Å². The zero-order valence-electron chi connectivity index (χ0n) is 10.1. The lowest BCUT2D eigenvalue weighted by atomic mass is 10.0. The molecule has 2 nitrogen and oxygen atoms in total. The van der Waals surface area contributed by atoms with E-state index in [1.165, 1.54) is 45.3 Å². The maximum atomic E-state index is 3.72. The monoisotopic (exact) mass is 198 g/mol. The van der Waals surface area contributed by atoms with Gasteiger partial charge in [-0.25, -0.2) is 0 Å². The van der Waals surface area contributed by atoms with Crippen molar-refractivity contribution in [3.8, 4) is 0 Å². The Labute approximate surface area is 89.1 Å². The normalized spacial score (nSPS) is 20.6. The van der Waals surface area contributed by atoms with Gasteiger partial charge in [-0.2, -0.15) is 0 Å². The lowest BCUT2D eigenvalue weighted by Crippen LogP contribution is -2.42. The van der Waals surface area contributed by atoms with E-state index in [1.807, 2.05) is 0 Å². The summed E-state index contributed by atoms with van der Waals surface area (Å²) in [6.07, 6.45) is 5.29. The number of likely N-dealkylation sites (tertiary alicyclic amines) is 1. The molecule has 2 heteroatoms. The molecule has 0 bridgehead atoms. The summed E-state index contributed by atoms with van der Waals surface area (Å²) in [5.41, 5.74) is 0. The Morgan fingerprint density at radius 1 is 1.21 bits per heavy atom. The molecular weight excluding hydrogens is 172 g/mol. The predicted octanol–water partition coefficient (Wildman–Crippen LogP) is 2.11. The van der Waals surface area contributed by atoms with Crippen molar-refractivity contribution in [1.29, 1.82) is 0 Å². The molecule has 1 N–H and O–H groups in total. The minimum atomic E-state index is 0.784. The topological polar surface area (TPSA) is 15.3 Å². The summed E-state index contributed by atoms with van der Waals surface area (Å²) in [5.74, 6) is 0.884. The molecule has 0 amide bonds. The zero-order chi connectivity index (χ0) is 10.4. The van der Waals surface area contributed by atoms with Gasteiger partial charge in [0.25, 0.3) is 0 Å². The summed E-state index contributed by atoms with van der Waals surface area (Å²) in [7, 11) is 2.22. The number of hydrogen-bond acceptors (Lipinski definition) is 2. The Bertz CT molecular complexity index is 135. The predicted molar refractivity (Wildman–Crippen MR) is 62.6 cm³/mol. The van der Waals surface area contributed by atoms with E-state index < -0.39 is 0 Å². The first-order chi connectivity index (χ1) is 6.76. The highest BCUT2D eigenvalue weighted by Gasteiger charge is 2.16. The maximum absolute atomic E-state index is 3.72. The number of piperidine rings is 1. The first-order valence-electron chi connectivity index (χ1n) is 6.18. The SMILES string of the molecule is CCC(CC)CNC1CCN(C)CC1. The van der Waals surface area contributed by atoms with Gasteiger partial charge in [-0.1, -0.05) is 26.7 Å². The molecular formula is C12H26N2. The van der Waals surface area contributed by atoms with Gasteiger partial charge in [-0.3, -0.25) is 0 Å². The van der Waals surface area contributed by atoms with Crippen molar-refractivity contribution in [3.05, 3.63) is 0 Å². The van der Waals surface area contributed by atoms with Crippen molar-refractivity contribution in [2.75, 3.05) is 26.7 Å². The maximum Gasteiger partial charge on any atom is 0.00915 e. The van der Waals surface area contributed by atoms with E-state index in [1.54, 1.807) is 0 Å². The number of nitrogens with one attached hydrogen (secondary N) is 1. The zero-order valence-corrected chi connectivity index (χ0v) is 10.1. The highest BCUT2D eigenvalue weighted by atomic mass is 15.1. The van der Waals surface area contributed by atoms with Gasteiger partial charge in [0.15, 0.2) is 0 Å². The lowest BCUT2D eigenvalue weighted by Gasteiger charge is -2.30. The second-order valence-electron chi connectivity index (χ2n) is 4.67. The van der Waals surface area contributed by atoms with Gasteiger partial charge in [0.1, 0.15) is 0 Å². The van der Waals surface area contributed by atoms with E-state index in [9.17, 15) is 0 Å². The van der Waals surface area contributed by atoms with Crippen molar-refractivity contribution in [2.45, 2.75) is 45.6 Å². The van der Waals surface area contributed by atoms with Gasteiger partial charge >= 0.3 is 0 Å². The van der Waals surface area contributed by atoms with Gasteiger partial charge in [-0.15, -0.1) is 0 Å². The Kier molecular flexibility index (Phi) is 5.49. The van der Waals surface area contributed by atoms with E-state index in [0.29, 0.717) is 0 Å². The van der Waals surface area contributed by atoms with E-state index in [4.69, 9.17) is 0 Å². The van der Waals surface area contributed by atoms with E-state index in [0.717, 1.165) is 12.0 Å². The van der Waals surface area contributed by atoms with E-state index in [-0.39, 0.29) is 0 Å². The minimum Gasteiger partial charge on any atom is -0.314 e. The van der Waals surface area contributed by atoms with E-state index in [2.05, 4.69) is 31.1 Å². The van der Waals surface area contributed by atoms with Crippen LogP contribution in [0.2, 0.25) is 0 Å². The summed E-state index contributed by atoms with van der Waals surface area (Å²) in [5, 5.41) is 3.72. The van der Waals surface area contributed by atoms with Crippen LogP contribution < -0.4 is 5.32 Å². The molecule has 1 rings (SSSR count). The number of rotatable bonds is 5. The molecule has 1 aliphatic heterocycles. The third-order valence-electron chi connectivity index (χ3n) is 3.57. The van der Waals surface area contributed by atoms with Gasteiger partial charge in [-0.05, 0) is 45.4 Å². The van der Waals surface area contributed by atoms with Crippen LogP contribution in [0.25, 0.3) is 0 Å². The van der Waals surface area contributed by atoms with Crippen molar-refractivity contribution in [2.24, 2.45) is 5.92 Å². The molecule has 1 saturated heterocycles. The van der Waals surface area contributed by atoms with Crippen molar-refractivity contribution < 1.29 is 0 Å². The standard InChI is InChI=1S/C12H26N2/c1-4-11(5-2)10-13-12-6-8-14(3)9-7-12/h11-13H,4-10H2,1-3H3. The quantitative estimate of drug-likeness (QED) is 0.728. The highest BCUT2D eigenvalue weighted by molar-refractivity contribution is 4.76. The van der Waals surface area contributed by atoms with Crippen molar-refractivity contribution in [3.63, 3.8) is 0 Å². The molecule has 1 heterocycles. The van der Waals surface area contributed by atoms with E-state index >= 15 is 0 Å². The van der Waals surface area contributed by atoms with Crippen LogP contribution >= 0.6 is 0 Å². The summed E-state index contributed by atoms with van der Waals surface area (Å²) in [4.78, 5) is 2.43. The molecule has 0 radical (unpaired) electrons. The number of hydrogen-bond donors (Lipinski definition) is 1. The second-order valence-corrected chi connectivity index (χ2v) is 4.67. The van der Waals surface area contributed by atoms with Gasteiger partial charge in [0, 0.05) is 6.04 Å². The minimum absolute atomic E-state index is 0.784. The van der Waals surface area contributed by atoms with Gasteiger partial charge < -0.3 is 10.2 Å². The average Bonchev–Trinajstić information content (AvgIpc) is 2.22. The van der Waals surface area contributed by atoms with Crippen LogP contribution in [0.4, 0.5) is 0 Å². The summed E-state index contributed by atoms with van der Waals surface area (Å²) in [6.45, 7) is 8.34. The third kappa shape index (κ3) is 3.97. The summed E-state index contributed by atoms with van der Waals surface area (Å²) < 4.78 is 0. The van der Waals surface area contributed by atoms with Crippen molar-refractivity contribution >= 4 is 0 Å². The smallest absolute Gasteiger partial charge is 0.00915 e. The third-order valence-corrected chi connectivity index (χ3v) is 3.57. The van der Waals surface area contributed by atoms with Crippen LogP contribution in [0, 0.1) is 5.92 Å². The van der Waals surface area contributed by atoms with Crippen LogP contribution in [-0.2, 0) is 0 Å². The molecule has 0 aliphatic carbocycles. The Morgan fingerprint density at radius 3 is 2.29 bits per heavy atom. The summed E-state index contributed by atoms with van der Waals surface area (Å²) in [6, 6.07) is 0.784. The number of nitrogens with zero attached hydrogens (tertiary/aromatic N) is 1. The van der Waals surface area contributed by atoms with Crippen LogP contribution in [-0.4, -0.2) is 37.6 Å². The first-order valence-corrected chi connectivity index (χ1v) is 6.18. The summed E-state index contributed by atoms with van der Waals surface area (Å²) >= 11 is 0. The molecule has 0 saturated carbocycles. The molecule has 0 aromatic rings. The molecule has 0 aromatic heterocycles. The molecule has 14 heavy (non-hydrogen) atoms. The fourth-order valence-corrected chi connectivity index (χ4v) is 2.12. The molecule has 0 spiro atoms. The molecule has 0 aromatic carbocycles. The molecule has 1 aliphatic rings.